The van der Waals surface area contributed by atoms with E-state index in [0.29, 0.717) is 29.2 Å². The Kier molecular flexibility index (Phi) is 7.80. The minimum atomic E-state index is -0.292. The maximum absolute atomic E-state index is 13.1. The first kappa shape index (κ1) is 23.9. The summed E-state index contributed by atoms with van der Waals surface area (Å²) in [7, 11) is 0. The summed E-state index contributed by atoms with van der Waals surface area (Å²) in [6.45, 7) is 0.703. The molecule has 1 N–H and O–H groups in total. The number of carbonyl (C=O) groups is 1. The highest BCUT2D eigenvalue weighted by Gasteiger charge is 2.14. The lowest BCUT2D eigenvalue weighted by molar-refractivity contribution is 0.0950. The van der Waals surface area contributed by atoms with Crippen molar-refractivity contribution in [3.63, 3.8) is 0 Å². The molecule has 36 heavy (non-hydrogen) atoms. The molecule has 2 aromatic heterocycles. The SMILES string of the molecule is [N-]=[N+]=NCCc1ncnn1-c1cc(C(=O)NCc2cnccn2)cc(-c2ccc(CN=[N+]=[N-])cc2)c1. The maximum atomic E-state index is 13.1. The number of aromatic nitrogens is 5. The number of azide groups is 2. The van der Waals surface area contributed by atoms with Crippen molar-refractivity contribution >= 4 is 5.91 Å². The zero-order valence-electron chi connectivity index (χ0n) is 19.0. The minimum Gasteiger partial charge on any atom is -0.346 e. The molecule has 0 fully saturated rings. The summed E-state index contributed by atoms with van der Waals surface area (Å²) in [4.78, 5) is 31.1. The number of hydrogen-bond acceptors (Lipinski definition) is 7. The molecular formula is C23H20N12O. The van der Waals surface area contributed by atoms with Gasteiger partial charge in [-0.3, -0.25) is 14.8 Å². The average Bonchev–Trinajstić information content (AvgIpc) is 3.40. The molecule has 0 spiro atoms. The Morgan fingerprint density at radius 2 is 1.83 bits per heavy atom. The summed E-state index contributed by atoms with van der Waals surface area (Å²) < 4.78 is 1.62. The topological polar surface area (TPSA) is 183 Å². The van der Waals surface area contributed by atoms with Crippen LogP contribution in [0.3, 0.4) is 0 Å². The van der Waals surface area contributed by atoms with Gasteiger partial charge in [0.2, 0.25) is 0 Å². The van der Waals surface area contributed by atoms with E-state index in [1.54, 1.807) is 35.4 Å². The molecule has 2 heterocycles. The Hall–Kier alpha value is -5.25. The molecule has 0 saturated heterocycles. The van der Waals surface area contributed by atoms with Crippen LogP contribution in [0.1, 0.15) is 27.4 Å². The minimum absolute atomic E-state index is 0.223. The van der Waals surface area contributed by atoms with Crippen molar-refractivity contribution in [3.05, 3.63) is 111 Å². The predicted molar refractivity (Wildman–Crippen MR) is 131 cm³/mol. The Morgan fingerprint density at radius 3 is 2.58 bits per heavy atom. The van der Waals surface area contributed by atoms with Crippen LogP contribution in [0.5, 0.6) is 0 Å². The van der Waals surface area contributed by atoms with Crippen molar-refractivity contribution in [1.29, 1.82) is 0 Å². The Balaban J connectivity index is 1.69. The molecule has 178 valence electrons. The summed E-state index contributed by atoms with van der Waals surface area (Å²) in [5.41, 5.74) is 21.3. The van der Waals surface area contributed by atoms with E-state index in [0.717, 1.165) is 16.7 Å². The number of nitrogens with one attached hydrogen (secondary N) is 1. The second-order valence-corrected chi connectivity index (χ2v) is 7.53. The first-order valence-electron chi connectivity index (χ1n) is 10.9. The van der Waals surface area contributed by atoms with Crippen LogP contribution in [0.25, 0.3) is 37.7 Å². The number of rotatable bonds is 10. The lowest BCUT2D eigenvalue weighted by Gasteiger charge is -2.12. The van der Waals surface area contributed by atoms with E-state index in [4.69, 9.17) is 11.1 Å². The van der Waals surface area contributed by atoms with Crippen LogP contribution in [-0.4, -0.2) is 37.2 Å². The van der Waals surface area contributed by atoms with Gasteiger partial charge in [0.15, 0.2) is 0 Å². The van der Waals surface area contributed by atoms with Crippen LogP contribution in [0.4, 0.5) is 0 Å². The van der Waals surface area contributed by atoms with Gasteiger partial charge in [-0.2, -0.15) is 5.10 Å². The van der Waals surface area contributed by atoms with Gasteiger partial charge in [0.05, 0.1) is 30.7 Å². The molecule has 0 aliphatic heterocycles. The van der Waals surface area contributed by atoms with E-state index in [1.807, 2.05) is 30.3 Å². The van der Waals surface area contributed by atoms with Gasteiger partial charge in [-0.25, -0.2) is 9.67 Å². The second-order valence-electron chi connectivity index (χ2n) is 7.53. The number of benzene rings is 2. The van der Waals surface area contributed by atoms with Crippen molar-refractivity contribution in [2.75, 3.05) is 6.54 Å². The predicted octanol–water partition coefficient (Wildman–Crippen LogP) is 4.32. The molecule has 0 saturated carbocycles. The van der Waals surface area contributed by atoms with Gasteiger partial charge in [-0.05, 0) is 46.0 Å². The molecule has 0 aliphatic rings. The summed E-state index contributed by atoms with van der Waals surface area (Å²) in [6, 6.07) is 12.9. The fourth-order valence-corrected chi connectivity index (χ4v) is 3.49. The van der Waals surface area contributed by atoms with Crippen molar-refractivity contribution in [3.8, 4) is 16.8 Å². The zero-order valence-corrected chi connectivity index (χ0v) is 19.0. The quantitative estimate of drug-likeness (QED) is 0.201. The third-order valence-corrected chi connectivity index (χ3v) is 5.19. The van der Waals surface area contributed by atoms with Gasteiger partial charge < -0.3 is 5.32 Å². The lowest BCUT2D eigenvalue weighted by atomic mass is 10.00. The third-order valence-electron chi connectivity index (χ3n) is 5.19. The fraction of sp³-hybridized carbons (Fsp3) is 0.174. The summed E-state index contributed by atoms with van der Waals surface area (Å²) >= 11 is 0. The van der Waals surface area contributed by atoms with Crippen molar-refractivity contribution in [2.45, 2.75) is 19.5 Å². The number of hydrogen-bond donors (Lipinski definition) is 1. The molecule has 13 nitrogen and oxygen atoms in total. The van der Waals surface area contributed by atoms with Crippen molar-refractivity contribution < 1.29 is 4.79 Å². The highest BCUT2D eigenvalue weighted by Crippen LogP contribution is 2.25. The Bertz CT molecular complexity index is 1440. The number of carbonyl (C=O) groups excluding carboxylic acids is 1. The number of amides is 1. The van der Waals surface area contributed by atoms with E-state index in [1.165, 1.54) is 6.33 Å². The van der Waals surface area contributed by atoms with Crippen LogP contribution in [-0.2, 0) is 19.5 Å². The molecule has 0 bridgehead atoms. The summed E-state index contributed by atoms with van der Waals surface area (Å²) in [5.74, 6) is 0.301. The van der Waals surface area contributed by atoms with Gasteiger partial charge in [0, 0.05) is 40.7 Å². The molecule has 1 amide bonds. The molecule has 4 rings (SSSR count). The highest BCUT2D eigenvalue weighted by molar-refractivity contribution is 5.96. The second kappa shape index (κ2) is 11.7. The maximum Gasteiger partial charge on any atom is 0.251 e. The molecular weight excluding hydrogens is 460 g/mol. The van der Waals surface area contributed by atoms with E-state index in [-0.39, 0.29) is 25.5 Å². The molecule has 4 aromatic rings. The normalized spacial score (nSPS) is 10.2. The summed E-state index contributed by atoms with van der Waals surface area (Å²) in [5, 5.41) is 14.3. The van der Waals surface area contributed by atoms with E-state index < -0.39 is 0 Å². The Morgan fingerprint density at radius 1 is 1.00 bits per heavy atom. The van der Waals surface area contributed by atoms with Gasteiger partial charge in [0.1, 0.15) is 12.2 Å². The first-order valence-corrected chi connectivity index (χ1v) is 10.9. The monoisotopic (exact) mass is 480 g/mol. The van der Waals surface area contributed by atoms with Crippen LogP contribution in [0, 0.1) is 0 Å². The highest BCUT2D eigenvalue weighted by atomic mass is 16.1. The van der Waals surface area contributed by atoms with E-state index in [2.05, 4.69) is 45.4 Å². The standard InChI is InChI=1S/C23H20N12O/c24-33-30-6-5-22-29-15-32-35(22)21-10-18(17-3-1-16(2-4-17)12-31-34-25)9-19(11-21)23(36)28-14-20-13-26-7-8-27-20/h1-4,7-11,13,15H,5-6,12,14H2,(H,28,36). The van der Waals surface area contributed by atoms with Crippen molar-refractivity contribution in [2.24, 2.45) is 10.2 Å². The third kappa shape index (κ3) is 6.00. The zero-order chi connectivity index (χ0) is 25.2. The first-order chi connectivity index (χ1) is 17.7. The van der Waals surface area contributed by atoms with Gasteiger partial charge in [0.25, 0.3) is 5.91 Å². The van der Waals surface area contributed by atoms with Gasteiger partial charge >= 0.3 is 0 Å². The average molecular weight is 480 g/mol. The smallest absolute Gasteiger partial charge is 0.251 e. The van der Waals surface area contributed by atoms with Crippen LogP contribution in [0.15, 0.2) is 77.6 Å². The van der Waals surface area contributed by atoms with Gasteiger partial charge in [-0.15, -0.1) is 0 Å². The van der Waals surface area contributed by atoms with Crippen molar-refractivity contribution in [1.82, 2.24) is 30.0 Å². The Labute approximate surface area is 205 Å². The van der Waals surface area contributed by atoms with Gasteiger partial charge in [-0.1, -0.05) is 34.5 Å². The fourth-order valence-electron chi connectivity index (χ4n) is 3.49. The van der Waals surface area contributed by atoms with Crippen LogP contribution >= 0.6 is 0 Å². The molecule has 0 atom stereocenters. The number of nitrogens with zero attached hydrogens (tertiary/aromatic N) is 11. The molecule has 2 aromatic carbocycles. The van der Waals surface area contributed by atoms with E-state index >= 15 is 0 Å². The molecule has 0 unspecified atom stereocenters. The largest absolute Gasteiger partial charge is 0.346 e. The lowest BCUT2D eigenvalue weighted by Crippen LogP contribution is -2.23. The van der Waals surface area contributed by atoms with Crippen LogP contribution in [0.2, 0.25) is 0 Å². The van der Waals surface area contributed by atoms with Crippen LogP contribution < -0.4 is 5.32 Å². The molecule has 13 heteroatoms. The molecule has 0 aliphatic carbocycles. The summed E-state index contributed by atoms with van der Waals surface area (Å²) in [6.07, 6.45) is 6.52. The van der Waals surface area contributed by atoms with E-state index in [9.17, 15) is 4.79 Å². The molecule has 0 radical (unpaired) electrons.